The minimum atomic E-state index is -9.68. The fourth-order valence-corrected chi connectivity index (χ4v) is 17.0. The molecule has 0 fully saturated rings. The molecule has 0 saturated heterocycles. The van der Waals surface area contributed by atoms with Gasteiger partial charge in [0.05, 0.1) is 0 Å². The Morgan fingerprint density at radius 2 is 0.244 bits per heavy atom. The molecule has 0 bridgehead atoms. The second-order valence-electron chi connectivity index (χ2n) is 8.34. The predicted octanol–water partition coefficient (Wildman–Crippen LogP) is 5.85. The van der Waals surface area contributed by atoms with Crippen LogP contribution < -0.4 is 14.0 Å². The van der Waals surface area contributed by atoms with E-state index in [1.165, 1.54) is 0 Å². The van der Waals surface area contributed by atoms with Crippen molar-refractivity contribution in [3.8, 4) is 0 Å². The Morgan fingerprint density at radius 1 is 0.156 bits per heavy atom. The van der Waals surface area contributed by atoms with Crippen molar-refractivity contribution in [2.75, 3.05) is 0 Å². The topological polar surface area (TPSA) is 0 Å². The van der Waals surface area contributed by atoms with Crippen molar-refractivity contribution >= 4 is 32.8 Å². The van der Waals surface area contributed by atoms with Crippen LogP contribution in [0.25, 0.3) is 0 Å². The van der Waals surface area contributed by atoms with Crippen molar-refractivity contribution in [3.05, 3.63) is 116 Å². The normalized spacial score (nSPS) is 12.0. The number of benzene rings is 4. The Balaban J connectivity index is 2.69. The minimum absolute atomic E-state index is 3.32. The van der Waals surface area contributed by atoms with Crippen LogP contribution in [0, 0.1) is 116 Å². The number of hydrogen-bond donors (Lipinski definition) is 0. The standard InChI is InChI=1S/4C6F5.Sb/c4*7-2-1-3(8)5(10)6(11)4(2)9;. The summed E-state index contributed by atoms with van der Waals surface area (Å²) in [5, 5.41) is 0. The van der Waals surface area contributed by atoms with Crippen LogP contribution in [0.3, 0.4) is 0 Å². The van der Waals surface area contributed by atoms with Gasteiger partial charge in [-0.15, -0.1) is 0 Å². The van der Waals surface area contributed by atoms with Crippen molar-refractivity contribution in [2.24, 2.45) is 0 Å². The van der Waals surface area contributed by atoms with Crippen LogP contribution in [0.15, 0.2) is 0 Å². The first-order chi connectivity index (χ1) is 20.7. The molecule has 4 aromatic carbocycles. The molecule has 0 aliphatic rings. The van der Waals surface area contributed by atoms with E-state index >= 15 is 35.1 Å². The quantitative estimate of drug-likeness (QED) is 0.106. The number of halogens is 20. The number of hydrogen-bond acceptors (Lipinski definition) is 0. The van der Waals surface area contributed by atoms with Gasteiger partial charge in [0.1, 0.15) is 0 Å². The van der Waals surface area contributed by atoms with E-state index in [0.29, 0.717) is 0 Å². The van der Waals surface area contributed by atoms with E-state index in [9.17, 15) is 52.7 Å². The predicted molar refractivity (Wildman–Crippen MR) is 109 cm³/mol. The van der Waals surface area contributed by atoms with Gasteiger partial charge in [-0.25, -0.2) is 0 Å². The molecule has 0 unspecified atom stereocenters. The zero-order chi connectivity index (χ0) is 34.4. The van der Waals surface area contributed by atoms with Crippen LogP contribution in [0.5, 0.6) is 0 Å². The van der Waals surface area contributed by atoms with Crippen molar-refractivity contribution in [2.45, 2.75) is 0 Å². The van der Waals surface area contributed by atoms with Crippen molar-refractivity contribution in [1.29, 1.82) is 0 Å². The zero-order valence-corrected chi connectivity index (χ0v) is 22.6. The summed E-state index contributed by atoms with van der Waals surface area (Å²) in [6.07, 6.45) is 0. The third-order valence-corrected chi connectivity index (χ3v) is 18.2. The summed E-state index contributed by atoms with van der Waals surface area (Å²) in [4.78, 5) is 0. The maximum absolute atomic E-state index is 15.4. The SMILES string of the molecule is Fc1c(F)c(F)[c]([Sb]([c]2c(F)c(F)c(F)c(F)c2F)([c]2c(F)c(F)c(F)c(F)c2F)[c]2c(F)c(F)c(F)c(F)c2F)c(F)c1F. The molecule has 0 saturated carbocycles. The third-order valence-electron chi connectivity index (χ3n) is 6.09. The summed E-state index contributed by atoms with van der Waals surface area (Å²) in [6, 6.07) is 0. The van der Waals surface area contributed by atoms with Gasteiger partial charge in [-0.2, -0.15) is 0 Å². The molecule has 0 aromatic heterocycles. The van der Waals surface area contributed by atoms with Crippen LogP contribution in [0.2, 0.25) is 0 Å². The molecule has 0 amide bonds. The van der Waals surface area contributed by atoms with Crippen LogP contribution in [-0.2, 0) is 0 Å². The van der Waals surface area contributed by atoms with Gasteiger partial charge in [0.2, 0.25) is 0 Å². The average Bonchev–Trinajstić information content (AvgIpc) is 3.00. The second-order valence-corrected chi connectivity index (χ2v) is 17.3. The Kier molecular flexibility index (Phi) is 8.56. The van der Waals surface area contributed by atoms with Crippen molar-refractivity contribution < 1.29 is 87.8 Å². The Bertz CT molecular complexity index is 1570. The number of rotatable bonds is 4. The molecular weight excluding hydrogens is 790 g/mol. The molecule has 4 rings (SSSR count). The zero-order valence-electron chi connectivity index (χ0n) is 20.0. The van der Waals surface area contributed by atoms with Gasteiger partial charge in [0, 0.05) is 0 Å². The molecule has 0 spiro atoms. The van der Waals surface area contributed by atoms with Gasteiger partial charge in [0.25, 0.3) is 0 Å². The molecule has 1 radical (unpaired) electrons. The first-order valence-corrected chi connectivity index (χ1v) is 15.8. The molecule has 0 heterocycles. The molecule has 21 heteroatoms. The maximum atomic E-state index is 15.4. The van der Waals surface area contributed by atoms with Crippen LogP contribution in [0.1, 0.15) is 0 Å². The van der Waals surface area contributed by atoms with Crippen molar-refractivity contribution in [3.63, 3.8) is 0 Å². The van der Waals surface area contributed by atoms with Gasteiger partial charge in [-0.05, 0) is 0 Å². The molecule has 45 heavy (non-hydrogen) atoms. The first kappa shape index (κ1) is 34.2. The second kappa shape index (κ2) is 11.3. The van der Waals surface area contributed by atoms with Crippen LogP contribution in [-0.4, -0.2) is 18.8 Å². The summed E-state index contributed by atoms with van der Waals surface area (Å²) in [7, 11) is 0. The molecule has 0 atom stereocenters. The molecule has 241 valence electrons. The Morgan fingerprint density at radius 3 is 0.356 bits per heavy atom. The summed E-state index contributed by atoms with van der Waals surface area (Å²) >= 11 is -9.68. The summed E-state index contributed by atoms with van der Waals surface area (Å²) < 4.78 is 281. The average molecular weight is 790 g/mol. The van der Waals surface area contributed by atoms with Gasteiger partial charge in [0.15, 0.2) is 0 Å². The Labute approximate surface area is 237 Å². The van der Waals surface area contributed by atoms with Gasteiger partial charge in [-0.3, -0.25) is 0 Å². The first-order valence-electron chi connectivity index (χ1n) is 10.7. The summed E-state index contributed by atoms with van der Waals surface area (Å²) in [5.74, 6) is -70.6. The molecule has 0 N–H and O–H groups in total. The van der Waals surface area contributed by atoms with Crippen LogP contribution in [0.4, 0.5) is 87.8 Å². The fourth-order valence-electron chi connectivity index (χ4n) is 4.22. The Hall–Kier alpha value is -3.70. The molecule has 4 aromatic rings. The van der Waals surface area contributed by atoms with Crippen LogP contribution >= 0.6 is 0 Å². The van der Waals surface area contributed by atoms with Gasteiger partial charge in [-0.1, -0.05) is 0 Å². The fraction of sp³-hybridized carbons (Fsp3) is 0. The summed E-state index contributed by atoms with van der Waals surface area (Å²) in [5.41, 5.74) is 0. The molecule has 0 nitrogen and oxygen atoms in total. The monoisotopic (exact) mass is 789 g/mol. The molecule has 0 aliphatic carbocycles. The van der Waals surface area contributed by atoms with E-state index in [1.807, 2.05) is 0 Å². The van der Waals surface area contributed by atoms with Gasteiger partial charge >= 0.3 is 237 Å². The van der Waals surface area contributed by atoms with E-state index in [2.05, 4.69) is 0 Å². The van der Waals surface area contributed by atoms with E-state index in [-0.39, 0.29) is 0 Å². The van der Waals surface area contributed by atoms with E-state index < -0.39 is 149 Å². The molecule has 0 aliphatic heterocycles. The summed E-state index contributed by atoms with van der Waals surface area (Å²) in [6.45, 7) is 0. The molecular formula is C24F20Sb. The van der Waals surface area contributed by atoms with Crippen molar-refractivity contribution in [1.82, 2.24) is 0 Å². The van der Waals surface area contributed by atoms with E-state index in [4.69, 9.17) is 0 Å². The third kappa shape index (κ3) is 4.37. The van der Waals surface area contributed by atoms with Gasteiger partial charge < -0.3 is 0 Å². The van der Waals surface area contributed by atoms with E-state index in [1.54, 1.807) is 0 Å². The van der Waals surface area contributed by atoms with E-state index in [0.717, 1.165) is 0 Å².